The number of imidazole rings is 1. The van der Waals surface area contributed by atoms with Gasteiger partial charge in [0, 0.05) is 17.5 Å². The molecule has 1 saturated carbocycles. The first-order valence-electron chi connectivity index (χ1n) is 7.60. The lowest BCUT2D eigenvalue weighted by Crippen LogP contribution is -2.10. The average Bonchev–Trinajstić information content (AvgIpc) is 3.02. The Balaban J connectivity index is 2.01. The molecule has 0 atom stereocenters. The molecule has 0 amide bonds. The Hall–Kier alpha value is -1.64. The molecule has 106 valence electrons. The van der Waals surface area contributed by atoms with Crippen molar-refractivity contribution in [2.45, 2.75) is 52.5 Å². The van der Waals surface area contributed by atoms with Crippen molar-refractivity contribution in [1.29, 1.82) is 0 Å². The summed E-state index contributed by atoms with van der Waals surface area (Å²) in [6.45, 7) is 6.34. The molecule has 1 aromatic heterocycles. The molecule has 1 aliphatic rings. The van der Waals surface area contributed by atoms with E-state index in [-0.39, 0.29) is 5.92 Å². The Bertz CT molecular complexity index is 648. The zero-order chi connectivity index (χ0) is 14.3. The van der Waals surface area contributed by atoms with E-state index < -0.39 is 0 Å². The van der Waals surface area contributed by atoms with Crippen LogP contribution in [-0.2, 0) is 0 Å². The number of Topliss-reactive ketones (excluding diaryl/α,β-unsaturated/α-hetero) is 1. The monoisotopic (exact) mass is 270 g/mol. The van der Waals surface area contributed by atoms with E-state index >= 15 is 0 Å². The van der Waals surface area contributed by atoms with Gasteiger partial charge in [-0.15, -0.1) is 0 Å². The number of benzene rings is 1. The van der Waals surface area contributed by atoms with Crippen LogP contribution in [0, 0.1) is 12.8 Å². The second-order valence-corrected chi connectivity index (χ2v) is 6.17. The molecule has 1 heterocycles. The molecule has 0 spiro atoms. The maximum atomic E-state index is 12.5. The lowest BCUT2D eigenvalue weighted by molar-refractivity contribution is 0.0923. The summed E-state index contributed by atoms with van der Waals surface area (Å²) in [6.07, 6.45) is 4.49. The van der Waals surface area contributed by atoms with E-state index in [1.165, 1.54) is 12.8 Å². The molecule has 0 saturated heterocycles. The molecular formula is C17H22N2O. The highest BCUT2D eigenvalue weighted by atomic mass is 16.1. The Morgan fingerprint density at radius 1 is 1.30 bits per heavy atom. The first-order chi connectivity index (χ1) is 9.58. The highest BCUT2D eigenvalue weighted by Crippen LogP contribution is 2.29. The number of hydrogen-bond acceptors (Lipinski definition) is 2. The minimum absolute atomic E-state index is 0.237. The standard InChI is InChI=1S/C17H22N2O/c1-11(2)19-12(3)18-15-10-14(8-9-16(15)19)17(20)13-6-4-5-7-13/h8-11,13H,4-7H2,1-3H3. The predicted octanol–water partition coefficient (Wildman–Crippen LogP) is 4.30. The number of ketones is 1. The number of aromatic nitrogens is 2. The Labute approximate surface area is 120 Å². The summed E-state index contributed by atoms with van der Waals surface area (Å²) >= 11 is 0. The van der Waals surface area contributed by atoms with Gasteiger partial charge in [-0.3, -0.25) is 4.79 Å². The van der Waals surface area contributed by atoms with Crippen LogP contribution in [0.5, 0.6) is 0 Å². The van der Waals surface area contributed by atoms with E-state index in [4.69, 9.17) is 0 Å². The third-order valence-electron chi connectivity index (χ3n) is 4.39. The molecule has 20 heavy (non-hydrogen) atoms. The van der Waals surface area contributed by atoms with Crippen LogP contribution >= 0.6 is 0 Å². The predicted molar refractivity (Wildman–Crippen MR) is 81.1 cm³/mol. The molecule has 3 rings (SSSR count). The van der Waals surface area contributed by atoms with E-state index in [2.05, 4.69) is 29.5 Å². The second-order valence-electron chi connectivity index (χ2n) is 6.17. The summed E-state index contributed by atoms with van der Waals surface area (Å²) in [6, 6.07) is 6.39. The molecule has 1 fully saturated rings. The fourth-order valence-corrected chi connectivity index (χ4v) is 3.45. The van der Waals surface area contributed by atoms with Crippen molar-refractivity contribution in [1.82, 2.24) is 9.55 Å². The Kier molecular flexibility index (Phi) is 3.36. The van der Waals surface area contributed by atoms with E-state index in [9.17, 15) is 4.79 Å². The summed E-state index contributed by atoms with van der Waals surface area (Å²) in [4.78, 5) is 17.1. The van der Waals surface area contributed by atoms with Crippen LogP contribution in [0.4, 0.5) is 0 Å². The van der Waals surface area contributed by atoms with Gasteiger partial charge in [0.05, 0.1) is 11.0 Å². The van der Waals surface area contributed by atoms with Gasteiger partial charge in [0.1, 0.15) is 5.82 Å². The fourth-order valence-electron chi connectivity index (χ4n) is 3.45. The highest BCUT2D eigenvalue weighted by Gasteiger charge is 2.24. The molecule has 3 heteroatoms. The van der Waals surface area contributed by atoms with Crippen LogP contribution in [0.3, 0.4) is 0 Å². The third kappa shape index (κ3) is 2.15. The van der Waals surface area contributed by atoms with Crippen molar-refractivity contribution < 1.29 is 4.79 Å². The van der Waals surface area contributed by atoms with Gasteiger partial charge in [0.2, 0.25) is 0 Å². The average molecular weight is 270 g/mol. The molecule has 0 unspecified atom stereocenters. The number of nitrogens with zero attached hydrogens (tertiary/aromatic N) is 2. The number of fused-ring (bicyclic) bond motifs is 1. The smallest absolute Gasteiger partial charge is 0.166 e. The first-order valence-corrected chi connectivity index (χ1v) is 7.60. The molecule has 1 aliphatic carbocycles. The summed E-state index contributed by atoms with van der Waals surface area (Å²) in [5, 5.41) is 0. The second kappa shape index (κ2) is 5.04. The van der Waals surface area contributed by atoms with Crippen LogP contribution < -0.4 is 0 Å². The molecule has 0 bridgehead atoms. The molecule has 0 radical (unpaired) electrons. The van der Waals surface area contributed by atoms with Gasteiger partial charge in [-0.1, -0.05) is 12.8 Å². The van der Waals surface area contributed by atoms with E-state index in [0.29, 0.717) is 11.8 Å². The lowest BCUT2D eigenvalue weighted by Gasteiger charge is -2.11. The maximum absolute atomic E-state index is 12.5. The van der Waals surface area contributed by atoms with Crippen molar-refractivity contribution >= 4 is 16.8 Å². The molecule has 0 N–H and O–H groups in total. The zero-order valence-electron chi connectivity index (χ0n) is 12.5. The number of carbonyl (C=O) groups excluding carboxylic acids is 1. The van der Waals surface area contributed by atoms with Crippen molar-refractivity contribution in [3.8, 4) is 0 Å². The normalized spacial score (nSPS) is 16.4. The van der Waals surface area contributed by atoms with Gasteiger partial charge < -0.3 is 4.57 Å². The number of carbonyl (C=O) groups is 1. The van der Waals surface area contributed by atoms with E-state index in [0.717, 1.165) is 35.3 Å². The fraction of sp³-hybridized carbons (Fsp3) is 0.529. The quantitative estimate of drug-likeness (QED) is 0.779. The van der Waals surface area contributed by atoms with Crippen LogP contribution in [0.15, 0.2) is 18.2 Å². The van der Waals surface area contributed by atoms with Crippen molar-refractivity contribution in [2.24, 2.45) is 5.92 Å². The van der Waals surface area contributed by atoms with Gasteiger partial charge in [-0.25, -0.2) is 4.98 Å². The van der Waals surface area contributed by atoms with Crippen molar-refractivity contribution in [2.75, 3.05) is 0 Å². The van der Waals surface area contributed by atoms with Gasteiger partial charge in [0.15, 0.2) is 5.78 Å². The van der Waals surface area contributed by atoms with Crippen LogP contribution in [0.1, 0.15) is 61.8 Å². The number of hydrogen-bond donors (Lipinski definition) is 0. The largest absolute Gasteiger partial charge is 0.326 e. The molecule has 0 aliphatic heterocycles. The summed E-state index contributed by atoms with van der Waals surface area (Å²) < 4.78 is 2.22. The van der Waals surface area contributed by atoms with Gasteiger partial charge in [-0.05, 0) is 51.8 Å². The topological polar surface area (TPSA) is 34.9 Å². The first kappa shape index (κ1) is 13.3. The van der Waals surface area contributed by atoms with Gasteiger partial charge in [-0.2, -0.15) is 0 Å². The van der Waals surface area contributed by atoms with Gasteiger partial charge in [0.25, 0.3) is 0 Å². The van der Waals surface area contributed by atoms with Crippen LogP contribution in [-0.4, -0.2) is 15.3 Å². The number of rotatable bonds is 3. The molecular weight excluding hydrogens is 248 g/mol. The summed E-state index contributed by atoms with van der Waals surface area (Å²) in [5.74, 6) is 1.56. The Morgan fingerprint density at radius 3 is 2.65 bits per heavy atom. The van der Waals surface area contributed by atoms with Gasteiger partial charge >= 0.3 is 0 Å². The minimum Gasteiger partial charge on any atom is -0.326 e. The molecule has 3 nitrogen and oxygen atoms in total. The zero-order valence-corrected chi connectivity index (χ0v) is 12.5. The van der Waals surface area contributed by atoms with E-state index in [1.54, 1.807) is 0 Å². The van der Waals surface area contributed by atoms with E-state index in [1.807, 2.05) is 19.1 Å². The number of aryl methyl sites for hydroxylation is 1. The lowest BCUT2D eigenvalue weighted by atomic mass is 9.96. The van der Waals surface area contributed by atoms with Crippen molar-refractivity contribution in [3.63, 3.8) is 0 Å². The Morgan fingerprint density at radius 2 is 2.00 bits per heavy atom. The molecule has 1 aromatic carbocycles. The minimum atomic E-state index is 0.237. The highest BCUT2D eigenvalue weighted by molar-refractivity contribution is 6.00. The summed E-state index contributed by atoms with van der Waals surface area (Å²) in [5.41, 5.74) is 2.90. The third-order valence-corrected chi connectivity index (χ3v) is 4.39. The van der Waals surface area contributed by atoms with Crippen LogP contribution in [0.2, 0.25) is 0 Å². The van der Waals surface area contributed by atoms with Crippen LogP contribution in [0.25, 0.3) is 11.0 Å². The van der Waals surface area contributed by atoms with Crippen molar-refractivity contribution in [3.05, 3.63) is 29.6 Å². The summed E-state index contributed by atoms with van der Waals surface area (Å²) in [7, 11) is 0. The molecule has 2 aromatic rings. The SMILES string of the molecule is Cc1nc2cc(C(=O)C3CCCC3)ccc2n1C(C)C. The maximum Gasteiger partial charge on any atom is 0.166 e.